The molecule has 4 heterocycles. The van der Waals surface area contributed by atoms with Gasteiger partial charge in [-0.2, -0.15) is 9.61 Å². The van der Waals surface area contributed by atoms with Gasteiger partial charge in [0.05, 0.1) is 31.0 Å². The molecule has 1 saturated heterocycles. The molecular formula is C31H40N6O6. The highest BCUT2D eigenvalue weighted by atomic mass is 16.6. The second-order valence-electron chi connectivity index (χ2n) is 12.7. The average Bonchev–Trinajstić information content (AvgIpc) is 3.51. The molecule has 1 fully saturated rings. The Morgan fingerprint density at radius 3 is 2.37 bits per heavy atom. The molecule has 2 aliphatic heterocycles. The van der Waals surface area contributed by atoms with Crippen LogP contribution < -0.4 is 14.5 Å². The third kappa shape index (κ3) is 6.37. The number of anilines is 3. The number of carbonyl (C=O) groups is 3. The van der Waals surface area contributed by atoms with Crippen molar-refractivity contribution in [1.29, 1.82) is 0 Å². The van der Waals surface area contributed by atoms with Crippen LogP contribution in [-0.2, 0) is 20.7 Å². The van der Waals surface area contributed by atoms with Gasteiger partial charge >= 0.3 is 12.2 Å². The maximum absolute atomic E-state index is 13.9. The van der Waals surface area contributed by atoms with Gasteiger partial charge in [0.1, 0.15) is 22.8 Å². The summed E-state index contributed by atoms with van der Waals surface area (Å²) < 4.78 is 18.6. The molecule has 0 unspecified atom stereocenters. The minimum absolute atomic E-state index is 0.00668. The minimum Gasteiger partial charge on any atom is -0.494 e. The van der Waals surface area contributed by atoms with Gasteiger partial charge in [0.2, 0.25) is 5.91 Å². The van der Waals surface area contributed by atoms with Crippen LogP contribution in [0.5, 0.6) is 5.75 Å². The van der Waals surface area contributed by atoms with Crippen molar-refractivity contribution in [3.63, 3.8) is 0 Å². The summed E-state index contributed by atoms with van der Waals surface area (Å²) in [5.74, 6) is 1.32. The molecule has 0 bridgehead atoms. The number of rotatable bonds is 5. The number of carbonyl (C=O) groups excluding carboxylic acids is 3. The summed E-state index contributed by atoms with van der Waals surface area (Å²) in [7, 11) is 0. The summed E-state index contributed by atoms with van der Waals surface area (Å²) >= 11 is 0. The zero-order chi connectivity index (χ0) is 31.1. The number of piperidine rings is 1. The predicted molar refractivity (Wildman–Crippen MR) is 161 cm³/mol. The first kappa shape index (κ1) is 30.1. The second-order valence-corrected chi connectivity index (χ2v) is 12.7. The molecule has 3 aromatic rings. The summed E-state index contributed by atoms with van der Waals surface area (Å²) in [4.78, 5) is 50.1. The highest BCUT2D eigenvalue weighted by molar-refractivity contribution is 6.06. The van der Waals surface area contributed by atoms with Crippen LogP contribution in [0.2, 0.25) is 0 Å². The van der Waals surface area contributed by atoms with Gasteiger partial charge in [-0.05, 0) is 85.6 Å². The quantitative estimate of drug-likeness (QED) is 0.382. The first-order chi connectivity index (χ1) is 20.3. The third-order valence-corrected chi connectivity index (χ3v) is 7.02. The van der Waals surface area contributed by atoms with E-state index in [-0.39, 0.29) is 18.4 Å². The zero-order valence-electron chi connectivity index (χ0n) is 25.9. The van der Waals surface area contributed by atoms with Crippen LogP contribution in [0, 0.1) is 0 Å². The van der Waals surface area contributed by atoms with E-state index in [2.05, 4.69) is 5.10 Å². The third-order valence-electron chi connectivity index (χ3n) is 7.02. The predicted octanol–water partition coefficient (Wildman–Crippen LogP) is 5.49. The lowest BCUT2D eigenvalue weighted by Gasteiger charge is -2.38. The number of nitrogens with zero attached hydrogens (tertiary/aromatic N) is 6. The first-order valence-electron chi connectivity index (χ1n) is 14.7. The van der Waals surface area contributed by atoms with E-state index in [1.165, 1.54) is 4.90 Å². The Labute approximate surface area is 251 Å². The van der Waals surface area contributed by atoms with Crippen molar-refractivity contribution in [1.82, 2.24) is 19.5 Å². The highest BCUT2D eigenvalue weighted by Crippen LogP contribution is 2.41. The maximum atomic E-state index is 13.9. The van der Waals surface area contributed by atoms with E-state index in [4.69, 9.17) is 19.2 Å². The molecule has 43 heavy (non-hydrogen) atoms. The Hall–Kier alpha value is -4.35. The van der Waals surface area contributed by atoms with E-state index < -0.39 is 23.4 Å². The fourth-order valence-corrected chi connectivity index (χ4v) is 5.40. The number of aromatic nitrogens is 3. The fourth-order valence-electron chi connectivity index (χ4n) is 5.40. The van der Waals surface area contributed by atoms with Gasteiger partial charge in [0, 0.05) is 24.7 Å². The van der Waals surface area contributed by atoms with Crippen LogP contribution >= 0.6 is 0 Å². The summed E-state index contributed by atoms with van der Waals surface area (Å²) in [6, 6.07) is 8.52. The lowest BCUT2D eigenvalue weighted by Crippen LogP contribution is -2.52. The topological polar surface area (TPSA) is 119 Å². The molecule has 1 aromatic carbocycles. The van der Waals surface area contributed by atoms with Gasteiger partial charge in [-0.3, -0.25) is 9.69 Å². The molecule has 3 amide bonds. The Bertz CT molecular complexity index is 1520. The first-order valence-corrected chi connectivity index (χ1v) is 14.7. The molecular weight excluding hydrogens is 552 g/mol. The molecule has 0 saturated carbocycles. The molecule has 0 aliphatic carbocycles. The van der Waals surface area contributed by atoms with Gasteiger partial charge in [-0.15, -0.1) is 0 Å². The Morgan fingerprint density at radius 1 is 1.02 bits per heavy atom. The number of fused-ring (bicyclic) bond motifs is 2. The Kier molecular flexibility index (Phi) is 7.97. The normalized spacial score (nSPS) is 17.2. The van der Waals surface area contributed by atoms with E-state index in [0.717, 1.165) is 0 Å². The molecule has 0 spiro atoms. The van der Waals surface area contributed by atoms with Crippen molar-refractivity contribution >= 4 is 41.1 Å². The molecule has 5 rings (SSSR count). The lowest BCUT2D eigenvalue weighted by atomic mass is 10.0. The second kappa shape index (κ2) is 11.4. The maximum Gasteiger partial charge on any atom is 0.420 e. The van der Waals surface area contributed by atoms with Crippen molar-refractivity contribution < 1.29 is 28.6 Å². The summed E-state index contributed by atoms with van der Waals surface area (Å²) in [6.45, 7) is 14.1. The Balaban J connectivity index is 1.59. The zero-order valence-corrected chi connectivity index (χ0v) is 25.9. The smallest absolute Gasteiger partial charge is 0.420 e. The SMILES string of the molecule is CCOc1ccc(N(C(=O)OC(C)(C)C)c2c3c(nc4ccnn24)N([C@H]2CCCN(C(=O)OC(C)(C)C)C2)C(=O)C3)cc1. The number of ether oxygens (including phenoxy) is 3. The van der Waals surface area contributed by atoms with Gasteiger partial charge in [0.25, 0.3) is 0 Å². The van der Waals surface area contributed by atoms with E-state index in [0.29, 0.717) is 66.8 Å². The van der Waals surface area contributed by atoms with Crippen LogP contribution in [0.15, 0.2) is 36.5 Å². The van der Waals surface area contributed by atoms with E-state index in [9.17, 15) is 14.4 Å². The minimum atomic E-state index is -0.783. The summed E-state index contributed by atoms with van der Waals surface area (Å²) in [6.07, 6.45) is 1.98. The largest absolute Gasteiger partial charge is 0.494 e. The number of hydrogen-bond acceptors (Lipinski definition) is 8. The van der Waals surface area contributed by atoms with Crippen LogP contribution in [0.4, 0.5) is 26.9 Å². The van der Waals surface area contributed by atoms with Crippen LogP contribution in [-0.4, -0.2) is 74.5 Å². The van der Waals surface area contributed by atoms with E-state index in [1.807, 2.05) is 27.7 Å². The van der Waals surface area contributed by atoms with Crippen molar-refractivity contribution in [2.75, 3.05) is 29.5 Å². The van der Waals surface area contributed by atoms with Crippen LogP contribution in [0.1, 0.15) is 66.9 Å². The molecule has 0 N–H and O–H groups in total. The summed E-state index contributed by atoms with van der Waals surface area (Å²) in [5.41, 5.74) is 0.122. The standard InChI is InChI=1S/C31H40N6O6/c1-8-41-22-13-11-20(12-14-22)36(29(40)43-31(5,6)7)27-23-18-25(38)35(26(23)33-24-15-16-32-37(24)27)21-10-9-17-34(19-21)28(39)42-30(2,3)4/h11-16,21H,8-10,17-19H2,1-7H3/t21-/m0/s1. The molecule has 2 aromatic heterocycles. The van der Waals surface area contributed by atoms with Gasteiger partial charge in [-0.1, -0.05) is 0 Å². The molecule has 2 aliphatic rings. The van der Waals surface area contributed by atoms with Crippen molar-refractivity contribution in [3.8, 4) is 5.75 Å². The molecule has 230 valence electrons. The Morgan fingerprint density at radius 2 is 1.72 bits per heavy atom. The molecule has 0 radical (unpaired) electrons. The van der Waals surface area contributed by atoms with Crippen molar-refractivity contribution in [2.24, 2.45) is 0 Å². The average molecular weight is 593 g/mol. The molecule has 12 heteroatoms. The molecule has 1 atom stereocenters. The van der Waals surface area contributed by atoms with Crippen LogP contribution in [0.25, 0.3) is 5.65 Å². The number of amides is 3. The van der Waals surface area contributed by atoms with E-state index >= 15 is 0 Å². The van der Waals surface area contributed by atoms with Gasteiger partial charge in [0.15, 0.2) is 11.5 Å². The van der Waals surface area contributed by atoms with Crippen molar-refractivity contribution in [2.45, 2.75) is 85.0 Å². The number of likely N-dealkylation sites (tertiary alicyclic amines) is 1. The lowest BCUT2D eigenvalue weighted by molar-refractivity contribution is -0.118. The van der Waals surface area contributed by atoms with Gasteiger partial charge < -0.3 is 19.1 Å². The monoisotopic (exact) mass is 592 g/mol. The van der Waals surface area contributed by atoms with Gasteiger partial charge in [-0.25, -0.2) is 19.5 Å². The highest BCUT2D eigenvalue weighted by Gasteiger charge is 2.42. The molecule has 12 nitrogen and oxygen atoms in total. The fraction of sp³-hybridized carbons (Fsp3) is 0.516. The number of hydrogen-bond donors (Lipinski definition) is 0. The van der Waals surface area contributed by atoms with Crippen LogP contribution in [0.3, 0.4) is 0 Å². The summed E-state index contributed by atoms with van der Waals surface area (Å²) in [5, 5.41) is 4.48. The van der Waals surface area contributed by atoms with Crippen molar-refractivity contribution in [3.05, 3.63) is 42.1 Å². The van der Waals surface area contributed by atoms with E-state index in [1.54, 1.807) is 71.6 Å². The number of benzene rings is 1.